The Morgan fingerprint density at radius 3 is 2.27 bits per heavy atom. The van der Waals surface area contributed by atoms with E-state index in [-0.39, 0.29) is 5.56 Å². The number of rotatable bonds is 1. The van der Waals surface area contributed by atoms with Crippen molar-refractivity contribution >= 4 is 17.4 Å². The fourth-order valence-corrected chi connectivity index (χ4v) is 0.916. The fourth-order valence-electron chi connectivity index (χ4n) is 0.658. The number of carboxylic acids is 1. The molecule has 1 rings (SSSR count). The smallest absolute Gasteiger partial charge is 0.335 e. The number of carboxylic acid groups (broad SMARTS) is 1. The molecule has 0 aliphatic heterocycles. The molecule has 0 saturated heterocycles. The van der Waals surface area contributed by atoms with Crippen molar-refractivity contribution in [3.05, 3.63) is 29.8 Å². The maximum atomic E-state index is 10.3. The van der Waals surface area contributed by atoms with Gasteiger partial charge in [-0.2, -0.15) is 4.61 Å². The van der Waals surface area contributed by atoms with Crippen LogP contribution < -0.4 is 0 Å². The van der Waals surface area contributed by atoms with Crippen molar-refractivity contribution < 1.29 is 9.90 Å². The minimum atomic E-state index is -0.959. The lowest BCUT2D eigenvalue weighted by molar-refractivity contribution is 0.0697. The average molecular weight is 167 g/mol. The molecule has 11 heavy (non-hydrogen) atoms. The summed E-state index contributed by atoms with van der Waals surface area (Å²) in [7, 11) is 0. The van der Waals surface area contributed by atoms with Gasteiger partial charge in [0.1, 0.15) is 0 Å². The van der Waals surface area contributed by atoms with E-state index in [0.29, 0.717) is 16.3 Å². The van der Waals surface area contributed by atoms with Gasteiger partial charge in [-0.25, -0.2) is 4.79 Å². The summed E-state index contributed by atoms with van der Waals surface area (Å²) in [6.45, 7) is 0. The van der Waals surface area contributed by atoms with Crippen molar-refractivity contribution in [3.8, 4) is 0 Å². The van der Waals surface area contributed by atoms with E-state index in [2.05, 4.69) is 0 Å². The Kier molecular flexibility index (Phi) is 2.21. The molecule has 56 valence electrons. The summed E-state index contributed by atoms with van der Waals surface area (Å²) >= 11 is 0.596. The van der Waals surface area contributed by atoms with Crippen molar-refractivity contribution in [1.29, 1.82) is 4.61 Å². The molecule has 0 radical (unpaired) electrons. The van der Waals surface area contributed by atoms with Gasteiger partial charge in [0.15, 0.2) is 0 Å². The van der Waals surface area contributed by atoms with E-state index < -0.39 is 5.97 Å². The van der Waals surface area contributed by atoms with Crippen molar-refractivity contribution in [1.82, 2.24) is 0 Å². The predicted molar refractivity (Wildman–Crippen MR) is 41.0 cm³/mol. The molecule has 0 fully saturated rings. The molecule has 0 saturated carbocycles. The maximum Gasteiger partial charge on any atom is 0.335 e. The highest BCUT2D eigenvalue weighted by Gasteiger charge is 1.99. The Bertz CT molecular complexity index is 312. The van der Waals surface area contributed by atoms with Crippen LogP contribution in [0.1, 0.15) is 10.4 Å². The van der Waals surface area contributed by atoms with E-state index in [0.717, 1.165) is 0 Å². The van der Waals surface area contributed by atoms with Crippen LogP contribution in [-0.4, -0.2) is 11.1 Å². The molecule has 0 spiro atoms. The van der Waals surface area contributed by atoms with E-state index in [9.17, 15) is 4.79 Å². The highest BCUT2D eigenvalue weighted by atomic mass is 32.1. The van der Waals surface area contributed by atoms with Crippen LogP contribution in [0.15, 0.2) is 29.2 Å². The number of benzene rings is 1. The largest absolute Gasteiger partial charge is 0.478 e. The van der Waals surface area contributed by atoms with Crippen molar-refractivity contribution in [2.75, 3.05) is 0 Å². The lowest BCUT2D eigenvalue weighted by Gasteiger charge is -1.91. The first-order valence-electron chi connectivity index (χ1n) is 2.89. The van der Waals surface area contributed by atoms with Crippen molar-refractivity contribution in [2.45, 2.75) is 4.90 Å². The van der Waals surface area contributed by atoms with Crippen LogP contribution in [-0.2, 0) is 0 Å². The second-order valence-corrected chi connectivity index (χ2v) is 2.57. The molecule has 1 aromatic carbocycles. The van der Waals surface area contributed by atoms with Gasteiger partial charge in [-0.1, -0.05) is 0 Å². The third-order valence-electron chi connectivity index (χ3n) is 1.21. The highest BCUT2D eigenvalue weighted by Crippen LogP contribution is 2.09. The van der Waals surface area contributed by atoms with Crippen LogP contribution in [0.2, 0.25) is 0 Å². The first-order valence-corrected chi connectivity index (χ1v) is 3.66. The zero-order valence-electron chi connectivity index (χ0n) is 5.52. The van der Waals surface area contributed by atoms with Crippen LogP contribution in [0.4, 0.5) is 0 Å². The SMILES string of the molecule is N#Sc1ccc(C(=O)O)cc1. The van der Waals surface area contributed by atoms with E-state index in [1.165, 1.54) is 12.1 Å². The summed E-state index contributed by atoms with van der Waals surface area (Å²) in [6.07, 6.45) is 0. The van der Waals surface area contributed by atoms with Gasteiger partial charge in [0.25, 0.3) is 0 Å². The first kappa shape index (κ1) is 7.72. The number of hydrogen-bond acceptors (Lipinski definition) is 2. The Morgan fingerprint density at radius 1 is 1.36 bits per heavy atom. The summed E-state index contributed by atoms with van der Waals surface area (Å²) in [5.74, 6) is -0.959. The Morgan fingerprint density at radius 2 is 1.91 bits per heavy atom. The highest BCUT2D eigenvalue weighted by molar-refractivity contribution is 7.85. The monoisotopic (exact) mass is 167 g/mol. The quantitative estimate of drug-likeness (QED) is 0.695. The second-order valence-electron chi connectivity index (χ2n) is 1.92. The Labute approximate surface area is 67.3 Å². The number of aromatic carboxylic acids is 1. The molecule has 0 heterocycles. The molecule has 4 heteroatoms. The summed E-state index contributed by atoms with van der Waals surface area (Å²) in [5, 5.41) is 8.48. The molecular weight excluding hydrogens is 162 g/mol. The average Bonchev–Trinajstić information content (AvgIpc) is 2.05. The number of hydrogen-bond donors (Lipinski definition) is 1. The topological polar surface area (TPSA) is 61.1 Å². The molecule has 0 aliphatic carbocycles. The summed E-state index contributed by atoms with van der Waals surface area (Å²) in [5.41, 5.74) is 0.225. The number of carbonyl (C=O) groups is 1. The molecule has 0 aliphatic rings. The molecule has 0 aromatic heterocycles. The normalized spacial score (nSPS) is 9.00. The summed E-state index contributed by atoms with van der Waals surface area (Å²) < 4.78 is 8.54. The summed E-state index contributed by atoms with van der Waals surface area (Å²) in [4.78, 5) is 11.0. The maximum absolute atomic E-state index is 10.3. The molecular formula is C7H5NO2S. The molecule has 0 bridgehead atoms. The lowest BCUT2D eigenvalue weighted by atomic mass is 10.2. The van der Waals surface area contributed by atoms with Crippen LogP contribution in [0.25, 0.3) is 0 Å². The predicted octanol–water partition coefficient (Wildman–Crippen LogP) is 1.96. The molecule has 0 atom stereocenters. The van der Waals surface area contributed by atoms with Gasteiger partial charge in [0.05, 0.1) is 21.8 Å². The standard InChI is InChI=1S/C7H5NO2S/c8-11-6-3-1-5(2-4-6)7(9)10/h1-4H,(H,9,10). The molecule has 3 nitrogen and oxygen atoms in total. The van der Waals surface area contributed by atoms with E-state index in [4.69, 9.17) is 9.71 Å². The Balaban J connectivity index is 3.03. The van der Waals surface area contributed by atoms with Gasteiger partial charge in [0.2, 0.25) is 0 Å². The minimum absolute atomic E-state index is 0.225. The van der Waals surface area contributed by atoms with Crippen LogP contribution in [0.5, 0.6) is 0 Å². The zero-order valence-corrected chi connectivity index (χ0v) is 6.34. The first-order chi connectivity index (χ1) is 5.24. The minimum Gasteiger partial charge on any atom is -0.478 e. The molecule has 1 N–H and O–H groups in total. The van der Waals surface area contributed by atoms with Gasteiger partial charge in [-0.3, -0.25) is 0 Å². The van der Waals surface area contributed by atoms with Gasteiger partial charge in [-0.15, -0.1) is 0 Å². The van der Waals surface area contributed by atoms with Gasteiger partial charge >= 0.3 is 5.97 Å². The third-order valence-corrected chi connectivity index (χ3v) is 1.69. The van der Waals surface area contributed by atoms with E-state index >= 15 is 0 Å². The molecule has 0 amide bonds. The fraction of sp³-hybridized carbons (Fsp3) is 0. The second kappa shape index (κ2) is 3.14. The van der Waals surface area contributed by atoms with Gasteiger partial charge in [-0.05, 0) is 24.3 Å². The number of nitrogens with zero attached hydrogens (tertiary/aromatic N) is 1. The van der Waals surface area contributed by atoms with Crippen molar-refractivity contribution in [2.24, 2.45) is 0 Å². The van der Waals surface area contributed by atoms with Crippen LogP contribution in [0.3, 0.4) is 0 Å². The molecule has 0 unspecified atom stereocenters. The van der Waals surface area contributed by atoms with Crippen LogP contribution >= 0.6 is 11.4 Å². The summed E-state index contributed by atoms with van der Waals surface area (Å²) in [6, 6.07) is 5.99. The van der Waals surface area contributed by atoms with E-state index in [1.807, 2.05) is 0 Å². The third kappa shape index (κ3) is 1.77. The van der Waals surface area contributed by atoms with Crippen molar-refractivity contribution in [3.63, 3.8) is 0 Å². The van der Waals surface area contributed by atoms with Crippen LogP contribution in [0, 0.1) is 4.61 Å². The van der Waals surface area contributed by atoms with Gasteiger partial charge < -0.3 is 5.11 Å². The lowest BCUT2D eigenvalue weighted by Crippen LogP contribution is -1.94. The van der Waals surface area contributed by atoms with E-state index in [1.54, 1.807) is 12.1 Å². The molecule has 1 aromatic rings. The van der Waals surface area contributed by atoms with Gasteiger partial charge in [0, 0.05) is 0 Å². The zero-order chi connectivity index (χ0) is 8.27. The Hall–Kier alpha value is -1.38.